The van der Waals surface area contributed by atoms with E-state index in [4.69, 9.17) is 4.74 Å². The molecule has 1 aliphatic heterocycles. The lowest BCUT2D eigenvalue weighted by atomic mass is 10.1. The van der Waals surface area contributed by atoms with E-state index in [0.717, 1.165) is 16.2 Å². The molecule has 9 heteroatoms. The van der Waals surface area contributed by atoms with Gasteiger partial charge in [0.1, 0.15) is 11.5 Å². The van der Waals surface area contributed by atoms with Gasteiger partial charge in [0.15, 0.2) is 9.88 Å². The number of nitrogens with zero attached hydrogens (tertiary/aromatic N) is 1. The minimum atomic E-state index is -1.36. The Kier molecular flexibility index (Phi) is 5.33. The summed E-state index contributed by atoms with van der Waals surface area (Å²) in [6.07, 6.45) is 1.47. The molecule has 1 aliphatic rings. The van der Waals surface area contributed by atoms with E-state index < -0.39 is 22.5 Å². The Morgan fingerprint density at radius 3 is 2.89 bits per heavy atom. The van der Waals surface area contributed by atoms with Gasteiger partial charge < -0.3 is 15.4 Å². The number of ether oxygens (including phenoxy) is 1. The van der Waals surface area contributed by atoms with Gasteiger partial charge in [0, 0.05) is 4.90 Å². The summed E-state index contributed by atoms with van der Waals surface area (Å²) in [7, 11) is 0. The summed E-state index contributed by atoms with van der Waals surface area (Å²) >= 11 is 2.18. The number of nitrogens with one attached hydrogen (secondary N) is 2. The van der Waals surface area contributed by atoms with Crippen molar-refractivity contribution in [2.24, 2.45) is 0 Å². The predicted octanol–water partition coefficient (Wildman–Crippen LogP) is 3.24. The number of aromatic nitrogens is 1. The van der Waals surface area contributed by atoms with Crippen molar-refractivity contribution in [3.63, 3.8) is 0 Å². The molecular weight excluding hydrogens is 386 g/mol. The van der Waals surface area contributed by atoms with Crippen molar-refractivity contribution in [2.75, 3.05) is 17.2 Å². The maximum atomic E-state index is 12.8. The van der Waals surface area contributed by atoms with E-state index in [0.29, 0.717) is 16.3 Å². The summed E-state index contributed by atoms with van der Waals surface area (Å²) in [6.45, 7) is 6.78. The SMILES string of the molecule is C=CCOC(=O)c1sc(NC(=O)C2(C)Sc3ccccc3NC2=O)nc1C. The molecule has 1 aromatic carbocycles. The number of esters is 1. The first-order valence-electron chi connectivity index (χ1n) is 8.01. The summed E-state index contributed by atoms with van der Waals surface area (Å²) < 4.78 is 3.64. The quantitative estimate of drug-likeness (QED) is 0.452. The fourth-order valence-electron chi connectivity index (χ4n) is 2.37. The van der Waals surface area contributed by atoms with Crippen LogP contribution >= 0.6 is 23.1 Å². The third-order valence-electron chi connectivity index (χ3n) is 3.85. The number of thiazole rings is 1. The summed E-state index contributed by atoms with van der Waals surface area (Å²) in [5, 5.41) is 5.63. The van der Waals surface area contributed by atoms with Crippen LogP contribution in [0.4, 0.5) is 10.8 Å². The molecule has 0 bridgehead atoms. The van der Waals surface area contributed by atoms with Crippen LogP contribution in [-0.2, 0) is 14.3 Å². The normalized spacial score (nSPS) is 18.2. The minimum absolute atomic E-state index is 0.0894. The number of amides is 2. The Labute approximate surface area is 164 Å². The number of fused-ring (bicyclic) bond motifs is 1. The third kappa shape index (κ3) is 3.74. The molecule has 2 heterocycles. The molecular formula is C18H17N3O4S2. The largest absolute Gasteiger partial charge is 0.457 e. The highest BCUT2D eigenvalue weighted by Crippen LogP contribution is 2.43. The lowest BCUT2D eigenvalue weighted by Crippen LogP contribution is -2.49. The number of hydrogen-bond donors (Lipinski definition) is 2. The van der Waals surface area contributed by atoms with E-state index in [-0.39, 0.29) is 11.7 Å². The number of carbonyl (C=O) groups is 3. The van der Waals surface area contributed by atoms with Crippen LogP contribution in [0.25, 0.3) is 0 Å². The zero-order chi connectivity index (χ0) is 19.6. The Morgan fingerprint density at radius 1 is 1.41 bits per heavy atom. The number of hydrogen-bond acceptors (Lipinski definition) is 7. The molecule has 0 aliphatic carbocycles. The van der Waals surface area contributed by atoms with Crippen molar-refractivity contribution in [2.45, 2.75) is 23.5 Å². The van der Waals surface area contributed by atoms with Gasteiger partial charge in [0.05, 0.1) is 11.4 Å². The van der Waals surface area contributed by atoms with Gasteiger partial charge in [-0.25, -0.2) is 9.78 Å². The van der Waals surface area contributed by atoms with E-state index in [2.05, 4.69) is 22.2 Å². The van der Waals surface area contributed by atoms with Crippen LogP contribution < -0.4 is 10.6 Å². The van der Waals surface area contributed by atoms with Crippen molar-refractivity contribution in [3.8, 4) is 0 Å². The molecule has 1 aromatic heterocycles. The van der Waals surface area contributed by atoms with Crippen molar-refractivity contribution in [3.05, 3.63) is 47.5 Å². The van der Waals surface area contributed by atoms with Gasteiger partial charge in [-0.1, -0.05) is 47.9 Å². The molecule has 1 atom stereocenters. The zero-order valence-electron chi connectivity index (χ0n) is 14.7. The van der Waals surface area contributed by atoms with Gasteiger partial charge in [-0.2, -0.15) is 0 Å². The second kappa shape index (κ2) is 7.53. The fraction of sp³-hybridized carbons (Fsp3) is 0.222. The molecule has 7 nitrogen and oxygen atoms in total. The van der Waals surface area contributed by atoms with Gasteiger partial charge in [-0.3, -0.25) is 9.59 Å². The Balaban J connectivity index is 1.78. The minimum Gasteiger partial charge on any atom is -0.457 e. The summed E-state index contributed by atoms with van der Waals surface area (Å²) in [6, 6.07) is 7.27. The summed E-state index contributed by atoms with van der Waals surface area (Å²) in [4.78, 5) is 42.6. The Bertz CT molecular complexity index is 940. The topological polar surface area (TPSA) is 97.4 Å². The first-order valence-corrected chi connectivity index (χ1v) is 9.65. The standard InChI is InChI=1S/C18H17N3O4S2/c1-4-9-25-14(22)13-10(2)19-17(26-13)21-16(24)18(3)15(23)20-11-7-5-6-8-12(11)27-18/h4-8H,1,9H2,2-3H3,(H,20,23)(H,19,21,24). The molecule has 27 heavy (non-hydrogen) atoms. The van der Waals surface area contributed by atoms with Crippen LogP contribution in [0.15, 0.2) is 41.8 Å². The summed E-state index contributed by atoms with van der Waals surface area (Å²) in [5.41, 5.74) is 1.12. The van der Waals surface area contributed by atoms with E-state index in [9.17, 15) is 14.4 Å². The smallest absolute Gasteiger partial charge is 0.350 e. The zero-order valence-corrected chi connectivity index (χ0v) is 16.3. The maximum Gasteiger partial charge on any atom is 0.350 e. The highest BCUT2D eigenvalue weighted by atomic mass is 32.2. The molecule has 0 spiro atoms. The number of thioether (sulfide) groups is 1. The fourth-order valence-corrected chi connectivity index (χ4v) is 4.33. The van der Waals surface area contributed by atoms with E-state index in [1.54, 1.807) is 19.9 Å². The number of aryl methyl sites for hydroxylation is 1. The van der Waals surface area contributed by atoms with Crippen molar-refractivity contribution < 1.29 is 19.1 Å². The summed E-state index contributed by atoms with van der Waals surface area (Å²) in [5.74, 6) is -1.46. The maximum absolute atomic E-state index is 12.8. The first kappa shape index (κ1) is 19.1. The predicted molar refractivity (Wildman–Crippen MR) is 105 cm³/mol. The molecule has 0 radical (unpaired) electrons. The number of benzene rings is 1. The average Bonchev–Trinajstić information content (AvgIpc) is 3.00. The van der Waals surface area contributed by atoms with E-state index >= 15 is 0 Å². The Morgan fingerprint density at radius 2 is 2.15 bits per heavy atom. The number of anilines is 2. The van der Waals surface area contributed by atoms with Gasteiger partial charge in [0.25, 0.3) is 5.91 Å². The van der Waals surface area contributed by atoms with Crippen LogP contribution in [0, 0.1) is 6.92 Å². The van der Waals surface area contributed by atoms with Gasteiger partial charge in [0.2, 0.25) is 5.91 Å². The lowest BCUT2D eigenvalue weighted by molar-refractivity contribution is -0.126. The van der Waals surface area contributed by atoms with Crippen molar-refractivity contribution >= 4 is 51.7 Å². The second-order valence-electron chi connectivity index (χ2n) is 5.86. The second-order valence-corrected chi connectivity index (χ2v) is 8.32. The average molecular weight is 403 g/mol. The molecule has 1 unspecified atom stereocenters. The van der Waals surface area contributed by atoms with Crippen LogP contribution in [0.3, 0.4) is 0 Å². The van der Waals surface area contributed by atoms with Crippen LogP contribution in [-0.4, -0.2) is 34.1 Å². The molecule has 140 valence electrons. The molecule has 0 fully saturated rings. The monoisotopic (exact) mass is 403 g/mol. The molecule has 2 aromatic rings. The molecule has 2 N–H and O–H groups in total. The van der Waals surface area contributed by atoms with E-state index in [1.165, 1.54) is 17.8 Å². The number of rotatable bonds is 5. The number of carbonyl (C=O) groups excluding carboxylic acids is 3. The third-order valence-corrected chi connectivity index (χ3v) is 6.26. The van der Waals surface area contributed by atoms with Gasteiger partial charge >= 0.3 is 5.97 Å². The van der Waals surface area contributed by atoms with Crippen molar-refractivity contribution in [1.29, 1.82) is 0 Å². The molecule has 2 amide bonds. The molecule has 3 rings (SSSR count). The van der Waals surface area contributed by atoms with Gasteiger partial charge in [-0.05, 0) is 26.0 Å². The van der Waals surface area contributed by atoms with Crippen LogP contribution in [0.5, 0.6) is 0 Å². The first-order chi connectivity index (χ1) is 12.8. The van der Waals surface area contributed by atoms with Crippen LogP contribution in [0.2, 0.25) is 0 Å². The van der Waals surface area contributed by atoms with E-state index in [1.807, 2.05) is 18.2 Å². The Hall–Kier alpha value is -2.65. The lowest BCUT2D eigenvalue weighted by Gasteiger charge is -2.31. The highest BCUT2D eigenvalue weighted by molar-refractivity contribution is 8.02. The van der Waals surface area contributed by atoms with Crippen molar-refractivity contribution in [1.82, 2.24) is 4.98 Å². The molecule has 0 saturated carbocycles. The molecule has 0 saturated heterocycles. The van der Waals surface area contributed by atoms with Crippen LogP contribution in [0.1, 0.15) is 22.3 Å². The van der Waals surface area contributed by atoms with Gasteiger partial charge in [-0.15, -0.1) is 0 Å². The number of para-hydroxylation sites is 1. The highest BCUT2D eigenvalue weighted by Gasteiger charge is 2.46.